The first-order valence-electron chi connectivity index (χ1n) is 6.71. The Kier molecular flexibility index (Phi) is 3.43. The Labute approximate surface area is 121 Å². The molecule has 1 aromatic carbocycles. The fraction of sp³-hybridized carbons (Fsp3) is 0.267. The Hall–Kier alpha value is -2.63. The largest absolute Gasteiger partial charge is 0.475 e. The Balaban J connectivity index is 1.76. The molecule has 2 aromatic rings. The standard InChI is InChI=1S/C15H14N2O4/c18-14(12-9-13(15(19)20)21-16-12)17-7-5-10-3-1-2-4-11(10)6-8-17/h1-4,9H,5-8H2,(H,19,20). The molecule has 6 heteroatoms. The van der Waals surface area contributed by atoms with E-state index in [2.05, 4.69) is 21.8 Å². The van der Waals surface area contributed by atoms with Gasteiger partial charge in [-0.05, 0) is 24.0 Å². The van der Waals surface area contributed by atoms with E-state index in [1.54, 1.807) is 4.90 Å². The highest BCUT2D eigenvalue weighted by atomic mass is 16.5. The zero-order valence-electron chi connectivity index (χ0n) is 11.3. The summed E-state index contributed by atoms with van der Waals surface area (Å²) >= 11 is 0. The van der Waals surface area contributed by atoms with E-state index in [-0.39, 0.29) is 17.4 Å². The lowest BCUT2D eigenvalue weighted by molar-refractivity contribution is 0.0648. The number of carboxylic acids is 1. The summed E-state index contributed by atoms with van der Waals surface area (Å²) in [6.45, 7) is 1.18. The van der Waals surface area contributed by atoms with Crippen molar-refractivity contribution < 1.29 is 19.2 Å². The summed E-state index contributed by atoms with van der Waals surface area (Å²) < 4.78 is 4.63. The molecule has 1 aliphatic rings. The van der Waals surface area contributed by atoms with Gasteiger partial charge in [0, 0.05) is 19.2 Å². The number of aromatic carboxylic acids is 1. The molecule has 1 aromatic heterocycles. The SMILES string of the molecule is O=C(O)c1cc(C(=O)N2CCc3ccccc3CC2)no1. The summed E-state index contributed by atoms with van der Waals surface area (Å²) in [6.07, 6.45) is 1.57. The molecule has 0 saturated carbocycles. The first kappa shape index (κ1) is 13.4. The van der Waals surface area contributed by atoms with E-state index < -0.39 is 5.97 Å². The lowest BCUT2D eigenvalue weighted by Crippen LogP contribution is -2.33. The summed E-state index contributed by atoms with van der Waals surface area (Å²) in [5.74, 6) is -1.85. The van der Waals surface area contributed by atoms with Gasteiger partial charge in [-0.1, -0.05) is 29.4 Å². The van der Waals surface area contributed by atoms with Crippen molar-refractivity contribution in [1.82, 2.24) is 10.1 Å². The fourth-order valence-electron chi connectivity index (χ4n) is 2.51. The van der Waals surface area contributed by atoms with Crippen molar-refractivity contribution in [3.05, 3.63) is 52.9 Å². The number of amides is 1. The number of benzene rings is 1. The van der Waals surface area contributed by atoms with Crippen LogP contribution in [0.1, 0.15) is 32.2 Å². The van der Waals surface area contributed by atoms with E-state index in [1.807, 2.05) is 12.1 Å². The van der Waals surface area contributed by atoms with Crippen molar-refractivity contribution in [1.29, 1.82) is 0 Å². The van der Waals surface area contributed by atoms with Crippen molar-refractivity contribution in [2.75, 3.05) is 13.1 Å². The van der Waals surface area contributed by atoms with Gasteiger partial charge in [0.2, 0.25) is 5.76 Å². The van der Waals surface area contributed by atoms with E-state index in [9.17, 15) is 9.59 Å². The molecule has 2 heterocycles. The van der Waals surface area contributed by atoms with Crippen LogP contribution in [0.4, 0.5) is 0 Å². The third kappa shape index (κ3) is 2.65. The summed E-state index contributed by atoms with van der Waals surface area (Å²) in [5.41, 5.74) is 2.54. The van der Waals surface area contributed by atoms with Crippen LogP contribution in [0, 0.1) is 0 Å². The minimum Gasteiger partial charge on any atom is -0.475 e. The van der Waals surface area contributed by atoms with Gasteiger partial charge in [-0.25, -0.2) is 4.79 Å². The highest BCUT2D eigenvalue weighted by Crippen LogP contribution is 2.17. The second kappa shape index (κ2) is 5.40. The predicted molar refractivity (Wildman–Crippen MR) is 73.2 cm³/mol. The van der Waals surface area contributed by atoms with Crippen LogP contribution in [0.2, 0.25) is 0 Å². The van der Waals surface area contributed by atoms with Crippen molar-refractivity contribution in [3.8, 4) is 0 Å². The molecule has 0 saturated heterocycles. The third-order valence-electron chi connectivity index (χ3n) is 3.65. The minimum absolute atomic E-state index is 0.0401. The summed E-state index contributed by atoms with van der Waals surface area (Å²) in [5, 5.41) is 12.3. The average Bonchev–Trinajstić information content (AvgIpc) is 2.88. The number of fused-ring (bicyclic) bond motifs is 1. The number of carbonyl (C=O) groups is 2. The lowest BCUT2D eigenvalue weighted by atomic mass is 10.0. The Bertz CT molecular complexity index is 665. The number of hydrogen-bond donors (Lipinski definition) is 1. The maximum Gasteiger partial charge on any atom is 0.374 e. The van der Waals surface area contributed by atoms with E-state index in [1.165, 1.54) is 17.2 Å². The molecule has 0 radical (unpaired) electrons. The molecule has 0 fully saturated rings. The minimum atomic E-state index is -1.23. The molecule has 0 spiro atoms. The first-order chi connectivity index (χ1) is 10.1. The van der Waals surface area contributed by atoms with Crippen molar-refractivity contribution >= 4 is 11.9 Å². The molecule has 3 rings (SSSR count). The summed E-state index contributed by atoms with van der Waals surface area (Å²) in [6, 6.07) is 9.30. The molecule has 1 N–H and O–H groups in total. The fourth-order valence-corrected chi connectivity index (χ4v) is 2.51. The quantitative estimate of drug-likeness (QED) is 0.906. The highest BCUT2D eigenvalue weighted by Gasteiger charge is 2.23. The van der Waals surface area contributed by atoms with Gasteiger partial charge in [-0.3, -0.25) is 4.79 Å². The Morgan fingerprint density at radius 2 is 1.76 bits per heavy atom. The van der Waals surface area contributed by atoms with Gasteiger partial charge in [-0.15, -0.1) is 0 Å². The lowest BCUT2D eigenvalue weighted by Gasteiger charge is -2.18. The monoisotopic (exact) mass is 286 g/mol. The predicted octanol–water partition coefficient (Wildman–Crippen LogP) is 1.61. The molecule has 1 aliphatic heterocycles. The van der Waals surface area contributed by atoms with Gasteiger partial charge in [0.15, 0.2) is 5.69 Å². The van der Waals surface area contributed by atoms with E-state index in [4.69, 9.17) is 5.11 Å². The molecule has 6 nitrogen and oxygen atoms in total. The van der Waals surface area contributed by atoms with Crippen molar-refractivity contribution in [3.63, 3.8) is 0 Å². The van der Waals surface area contributed by atoms with E-state index in [0.717, 1.165) is 12.8 Å². The maximum atomic E-state index is 12.3. The van der Waals surface area contributed by atoms with Crippen LogP contribution < -0.4 is 0 Å². The highest BCUT2D eigenvalue weighted by molar-refractivity contribution is 5.94. The van der Waals surface area contributed by atoms with Crippen LogP contribution in [0.5, 0.6) is 0 Å². The second-order valence-electron chi connectivity index (χ2n) is 4.94. The van der Waals surface area contributed by atoms with Crippen molar-refractivity contribution in [2.24, 2.45) is 0 Å². The number of carboxylic acid groups (broad SMARTS) is 1. The Morgan fingerprint density at radius 1 is 1.14 bits per heavy atom. The number of nitrogens with zero attached hydrogens (tertiary/aromatic N) is 2. The molecular formula is C15H14N2O4. The van der Waals surface area contributed by atoms with Crippen LogP contribution >= 0.6 is 0 Å². The first-order valence-corrected chi connectivity index (χ1v) is 6.71. The van der Waals surface area contributed by atoms with Gasteiger partial charge >= 0.3 is 5.97 Å². The van der Waals surface area contributed by atoms with E-state index in [0.29, 0.717) is 13.1 Å². The molecule has 0 unspecified atom stereocenters. The maximum absolute atomic E-state index is 12.3. The molecular weight excluding hydrogens is 272 g/mol. The smallest absolute Gasteiger partial charge is 0.374 e. The van der Waals surface area contributed by atoms with Crippen LogP contribution in [0.25, 0.3) is 0 Å². The number of hydrogen-bond acceptors (Lipinski definition) is 4. The molecule has 21 heavy (non-hydrogen) atoms. The van der Waals surface area contributed by atoms with Crippen LogP contribution in [-0.2, 0) is 12.8 Å². The summed E-state index contributed by atoms with van der Waals surface area (Å²) in [4.78, 5) is 24.8. The third-order valence-corrected chi connectivity index (χ3v) is 3.65. The molecule has 108 valence electrons. The summed E-state index contributed by atoms with van der Waals surface area (Å²) in [7, 11) is 0. The van der Waals surface area contributed by atoms with Crippen LogP contribution in [0.3, 0.4) is 0 Å². The van der Waals surface area contributed by atoms with Gasteiger partial charge in [0.05, 0.1) is 0 Å². The van der Waals surface area contributed by atoms with Crippen molar-refractivity contribution in [2.45, 2.75) is 12.8 Å². The van der Waals surface area contributed by atoms with Gasteiger partial charge < -0.3 is 14.5 Å². The molecule has 0 atom stereocenters. The second-order valence-corrected chi connectivity index (χ2v) is 4.94. The average molecular weight is 286 g/mol. The molecule has 0 aliphatic carbocycles. The molecule has 1 amide bonds. The van der Waals surface area contributed by atoms with Crippen LogP contribution in [-0.4, -0.2) is 40.1 Å². The number of rotatable bonds is 2. The number of aromatic nitrogens is 1. The zero-order chi connectivity index (χ0) is 14.8. The number of carbonyl (C=O) groups excluding carboxylic acids is 1. The van der Waals surface area contributed by atoms with Gasteiger partial charge in [-0.2, -0.15) is 0 Å². The Morgan fingerprint density at radius 3 is 2.29 bits per heavy atom. The van der Waals surface area contributed by atoms with Gasteiger partial charge in [0.25, 0.3) is 5.91 Å². The van der Waals surface area contributed by atoms with Gasteiger partial charge in [0.1, 0.15) is 0 Å². The van der Waals surface area contributed by atoms with E-state index >= 15 is 0 Å². The van der Waals surface area contributed by atoms with Crippen LogP contribution in [0.15, 0.2) is 34.9 Å². The zero-order valence-corrected chi connectivity index (χ0v) is 11.3. The molecule has 0 bridgehead atoms. The topological polar surface area (TPSA) is 83.6 Å². The normalized spacial score (nSPS) is 14.4.